The molecule has 0 atom stereocenters. The Balaban J connectivity index is 2.62. The van der Waals surface area contributed by atoms with Crippen LogP contribution in [0.1, 0.15) is 20.3 Å². The molecular formula is C11H17N3O2. The van der Waals surface area contributed by atoms with Gasteiger partial charge < -0.3 is 15.8 Å². The number of ether oxygens (including phenoxy) is 1. The van der Waals surface area contributed by atoms with E-state index >= 15 is 0 Å². The van der Waals surface area contributed by atoms with Crippen LogP contribution in [0.2, 0.25) is 0 Å². The Kier molecular flexibility index (Phi) is 3.84. The first-order valence-electron chi connectivity index (χ1n) is 4.99. The SMILES string of the molecule is COC(C)(C)CC(=O)Nc1ccncc1N. The van der Waals surface area contributed by atoms with Gasteiger partial charge in [-0.05, 0) is 19.9 Å². The van der Waals surface area contributed by atoms with Crippen LogP contribution in [0.25, 0.3) is 0 Å². The van der Waals surface area contributed by atoms with Gasteiger partial charge in [-0.15, -0.1) is 0 Å². The molecule has 1 heterocycles. The number of carbonyl (C=O) groups is 1. The second-order valence-corrected chi connectivity index (χ2v) is 4.15. The molecule has 0 saturated heterocycles. The van der Waals surface area contributed by atoms with Crippen molar-refractivity contribution in [3.8, 4) is 0 Å². The Morgan fingerprint density at radius 1 is 1.62 bits per heavy atom. The molecule has 0 fully saturated rings. The molecule has 3 N–H and O–H groups in total. The van der Waals surface area contributed by atoms with Crippen molar-refractivity contribution in [2.24, 2.45) is 0 Å². The molecule has 16 heavy (non-hydrogen) atoms. The second kappa shape index (κ2) is 4.94. The molecule has 5 nitrogen and oxygen atoms in total. The fourth-order valence-corrected chi connectivity index (χ4v) is 1.17. The molecule has 1 rings (SSSR count). The molecule has 0 bridgehead atoms. The monoisotopic (exact) mass is 223 g/mol. The van der Waals surface area contributed by atoms with Gasteiger partial charge in [0.2, 0.25) is 5.91 Å². The summed E-state index contributed by atoms with van der Waals surface area (Å²) >= 11 is 0. The number of amides is 1. The molecule has 5 heteroatoms. The number of nitrogens with zero attached hydrogens (tertiary/aromatic N) is 1. The van der Waals surface area contributed by atoms with Gasteiger partial charge in [-0.25, -0.2) is 0 Å². The fraction of sp³-hybridized carbons (Fsp3) is 0.455. The number of methoxy groups -OCH3 is 1. The van der Waals surface area contributed by atoms with Gasteiger partial charge in [0.25, 0.3) is 0 Å². The predicted octanol–water partition coefficient (Wildman–Crippen LogP) is 1.42. The van der Waals surface area contributed by atoms with Crippen LogP contribution in [0, 0.1) is 0 Å². The minimum Gasteiger partial charge on any atom is -0.396 e. The molecule has 0 aliphatic heterocycles. The van der Waals surface area contributed by atoms with Crippen LogP contribution in [0.5, 0.6) is 0 Å². The van der Waals surface area contributed by atoms with Crippen molar-refractivity contribution in [1.29, 1.82) is 0 Å². The van der Waals surface area contributed by atoms with Crippen LogP contribution in [-0.2, 0) is 9.53 Å². The van der Waals surface area contributed by atoms with Gasteiger partial charge >= 0.3 is 0 Å². The maximum atomic E-state index is 11.7. The third-order valence-electron chi connectivity index (χ3n) is 2.26. The van der Waals surface area contributed by atoms with Crippen molar-refractivity contribution in [1.82, 2.24) is 4.98 Å². The quantitative estimate of drug-likeness (QED) is 0.809. The van der Waals surface area contributed by atoms with Gasteiger partial charge in [-0.1, -0.05) is 0 Å². The summed E-state index contributed by atoms with van der Waals surface area (Å²) in [6, 6.07) is 1.66. The molecule has 1 aromatic rings. The van der Waals surface area contributed by atoms with E-state index < -0.39 is 5.60 Å². The van der Waals surface area contributed by atoms with Crippen molar-refractivity contribution in [2.75, 3.05) is 18.2 Å². The van der Waals surface area contributed by atoms with Crippen molar-refractivity contribution < 1.29 is 9.53 Å². The smallest absolute Gasteiger partial charge is 0.227 e. The molecule has 0 aromatic carbocycles. The number of pyridine rings is 1. The van der Waals surface area contributed by atoms with Crippen LogP contribution in [0.15, 0.2) is 18.5 Å². The lowest BCUT2D eigenvalue weighted by Gasteiger charge is -2.22. The number of hydrogen-bond acceptors (Lipinski definition) is 4. The lowest BCUT2D eigenvalue weighted by Crippen LogP contribution is -2.29. The molecule has 88 valence electrons. The second-order valence-electron chi connectivity index (χ2n) is 4.15. The Labute approximate surface area is 95.0 Å². The first-order valence-corrected chi connectivity index (χ1v) is 4.99. The topological polar surface area (TPSA) is 77.2 Å². The number of nitrogens with one attached hydrogen (secondary N) is 1. The number of nitrogen functional groups attached to an aromatic ring is 1. The van der Waals surface area contributed by atoms with Crippen LogP contribution in [0.4, 0.5) is 11.4 Å². The summed E-state index contributed by atoms with van der Waals surface area (Å²) in [4.78, 5) is 15.5. The van der Waals surface area contributed by atoms with Gasteiger partial charge in [0.1, 0.15) is 0 Å². The normalized spacial score (nSPS) is 11.2. The van der Waals surface area contributed by atoms with E-state index in [-0.39, 0.29) is 12.3 Å². The number of hydrogen-bond donors (Lipinski definition) is 2. The van der Waals surface area contributed by atoms with Gasteiger partial charge in [-0.2, -0.15) is 0 Å². The highest BCUT2D eigenvalue weighted by molar-refractivity contribution is 5.94. The Bertz CT molecular complexity index is 377. The Morgan fingerprint density at radius 3 is 2.88 bits per heavy atom. The fourth-order valence-electron chi connectivity index (χ4n) is 1.17. The summed E-state index contributed by atoms with van der Waals surface area (Å²) in [7, 11) is 1.58. The minimum atomic E-state index is -0.480. The highest BCUT2D eigenvalue weighted by Crippen LogP contribution is 2.18. The zero-order valence-electron chi connectivity index (χ0n) is 9.78. The summed E-state index contributed by atoms with van der Waals surface area (Å²) in [5.74, 6) is -0.134. The Hall–Kier alpha value is -1.62. The van der Waals surface area contributed by atoms with Crippen LogP contribution >= 0.6 is 0 Å². The van der Waals surface area contributed by atoms with Gasteiger partial charge in [-0.3, -0.25) is 9.78 Å². The van der Waals surface area contributed by atoms with E-state index in [0.717, 1.165) is 0 Å². The first-order chi connectivity index (χ1) is 7.44. The zero-order chi connectivity index (χ0) is 12.2. The lowest BCUT2D eigenvalue weighted by atomic mass is 10.0. The molecule has 0 aliphatic carbocycles. The van der Waals surface area contributed by atoms with Crippen LogP contribution < -0.4 is 11.1 Å². The maximum Gasteiger partial charge on any atom is 0.227 e. The number of carbonyl (C=O) groups excluding carboxylic acids is 1. The average molecular weight is 223 g/mol. The van der Waals surface area contributed by atoms with E-state index in [1.165, 1.54) is 6.20 Å². The van der Waals surface area contributed by atoms with E-state index in [1.54, 1.807) is 19.4 Å². The lowest BCUT2D eigenvalue weighted by molar-refractivity contribution is -0.121. The summed E-state index contributed by atoms with van der Waals surface area (Å²) in [6.07, 6.45) is 3.34. The van der Waals surface area contributed by atoms with Gasteiger partial charge in [0.05, 0.1) is 29.6 Å². The van der Waals surface area contributed by atoms with Crippen molar-refractivity contribution in [3.05, 3.63) is 18.5 Å². The first kappa shape index (κ1) is 12.4. The number of anilines is 2. The molecule has 0 radical (unpaired) electrons. The van der Waals surface area contributed by atoms with Crippen molar-refractivity contribution >= 4 is 17.3 Å². The summed E-state index contributed by atoms with van der Waals surface area (Å²) in [5, 5.41) is 2.72. The van der Waals surface area contributed by atoms with Gasteiger partial charge in [0.15, 0.2) is 0 Å². The molecule has 0 saturated carbocycles. The number of nitrogens with two attached hydrogens (primary N) is 1. The average Bonchev–Trinajstić information content (AvgIpc) is 2.21. The molecule has 0 unspecified atom stereocenters. The molecular weight excluding hydrogens is 206 g/mol. The molecule has 1 amide bonds. The van der Waals surface area contributed by atoms with E-state index in [4.69, 9.17) is 10.5 Å². The minimum absolute atomic E-state index is 0.134. The summed E-state index contributed by atoms with van der Waals surface area (Å²) in [5.41, 5.74) is 6.20. The Morgan fingerprint density at radius 2 is 2.31 bits per heavy atom. The summed E-state index contributed by atoms with van der Waals surface area (Å²) < 4.78 is 5.17. The van der Waals surface area contributed by atoms with Crippen LogP contribution in [0.3, 0.4) is 0 Å². The highest BCUT2D eigenvalue weighted by Gasteiger charge is 2.21. The van der Waals surface area contributed by atoms with E-state index in [0.29, 0.717) is 11.4 Å². The molecule has 0 aliphatic rings. The predicted molar refractivity (Wildman–Crippen MR) is 63.0 cm³/mol. The van der Waals surface area contributed by atoms with Crippen molar-refractivity contribution in [3.63, 3.8) is 0 Å². The van der Waals surface area contributed by atoms with E-state index in [2.05, 4.69) is 10.3 Å². The maximum absolute atomic E-state index is 11.7. The number of aromatic nitrogens is 1. The van der Waals surface area contributed by atoms with E-state index in [1.807, 2.05) is 13.8 Å². The van der Waals surface area contributed by atoms with E-state index in [9.17, 15) is 4.79 Å². The summed E-state index contributed by atoms with van der Waals surface area (Å²) in [6.45, 7) is 3.70. The van der Waals surface area contributed by atoms with Crippen molar-refractivity contribution in [2.45, 2.75) is 25.9 Å². The largest absolute Gasteiger partial charge is 0.396 e. The highest BCUT2D eigenvalue weighted by atomic mass is 16.5. The molecule has 0 spiro atoms. The van der Waals surface area contributed by atoms with Crippen LogP contribution in [-0.4, -0.2) is 23.6 Å². The van der Waals surface area contributed by atoms with Gasteiger partial charge in [0, 0.05) is 13.3 Å². The molecule has 1 aromatic heterocycles. The number of rotatable bonds is 4. The standard InChI is InChI=1S/C11H17N3O2/c1-11(2,16-3)6-10(15)14-9-4-5-13-7-8(9)12/h4-5,7H,6,12H2,1-3H3,(H,13,14,15). The zero-order valence-corrected chi connectivity index (χ0v) is 9.78. The third kappa shape index (κ3) is 3.51. The third-order valence-corrected chi connectivity index (χ3v) is 2.26.